The molecule has 5 rings (SSSR count). The van der Waals surface area contributed by atoms with E-state index in [0.717, 1.165) is 67.2 Å². The number of nitrogens with zero attached hydrogens (tertiary/aromatic N) is 2. The van der Waals surface area contributed by atoms with E-state index in [0.29, 0.717) is 29.7 Å². The van der Waals surface area contributed by atoms with E-state index in [9.17, 15) is 0 Å². The molecule has 0 saturated carbocycles. The number of morpholine rings is 1. The minimum Gasteiger partial charge on any atom is -0.493 e. The topological polar surface area (TPSA) is 78.1 Å². The molecule has 3 aromatic carbocycles. The zero-order chi connectivity index (χ0) is 25.6. The lowest BCUT2D eigenvalue weighted by Gasteiger charge is -2.26. The largest absolute Gasteiger partial charge is 0.493 e. The van der Waals surface area contributed by atoms with Gasteiger partial charge in [0.1, 0.15) is 18.2 Å². The van der Waals surface area contributed by atoms with Gasteiger partial charge in [-0.15, -0.1) is 0 Å². The summed E-state index contributed by atoms with van der Waals surface area (Å²) in [6, 6.07) is 18.3. The number of hydrogen-bond donors (Lipinski definition) is 1. The number of imidazole rings is 1. The molecule has 37 heavy (non-hydrogen) atoms. The maximum absolute atomic E-state index is 6.23. The van der Waals surface area contributed by atoms with Crippen LogP contribution in [0.15, 0.2) is 54.6 Å². The van der Waals surface area contributed by atoms with Crippen LogP contribution in [0.4, 0.5) is 0 Å². The third kappa shape index (κ3) is 5.65. The first-order valence-corrected chi connectivity index (χ1v) is 12.5. The summed E-state index contributed by atoms with van der Waals surface area (Å²) < 4.78 is 28.3. The summed E-state index contributed by atoms with van der Waals surface area (Å²) in [6.45, 7) is 4.94. The molecule has 0 spiro atoms. The summed E-state index contributed by atoms with van der Waals surface area (Å²) in [4.78, 5) is 10.9. The summed E-state index contributed by atoms with van der Waals surface area (Å²) in [7, 11) is 4.81. The highest BCUT2D eigenvalue weighted by Crippen LogP contribution is 2.41. The molecule has 8 nitrogen and oxygen atoms in total. The summed E-state index contributed by atoms with van der Waals surface area (Å²) in [6.07, 6.45) is 0.748. The molecule has 1 aromatic heterocycles. The normalized spacial score (nSPS) is 14.0. The predicted molar refractivity (Wildman–Crippen MR) is 143 cm³/mol. The van der Waals surface area contributed by atoms with Crippen LogP contribution in [0, 0.1) is 0 Å². The van der Waals surface area contributed by atoms with Gasteiger partial charge in [0.2, 0.25) is 5.75 Å². The van der Waals surface area contributed by atoms with Gasteiger partial charge in [-0.05, 0) is 35.7 Å². The van der Waals surface area contributed by atoms with Crippen molar-refractivity contribution in [2.45, 2.75) is 6.42 Å². The Kier molecular flexibility index (Phi) is 7.77. The van der Waals surface area contributed by atoms with Crippen molar-refractivity contribution in [3.8, 4) is 34.4 Å². The number of H-pyrrole nitrogens is 1. The maximum atomic E-state index is 6.23. The van der Waals surface area contributed by atoms with E-state index in [1.807, 2.05) is 24.3 Å². The lowest BCUT2D eigenvalue weighted by Crippen LogP contribution is -2.38. The summed E-state index contributed by atoms with van der Waals surface area (Å²) in [5.74, 6) is 3.24. The van der Waals surface area contributed by atoms with Crippen LogP contribution in [-0.4, -0.2) is 75.7 Å². The smallest absolute Gasteiger partial charge is 0.203 e. The van der Waals surface area contributed by atoms with E-state index >= 15 is 0 Å². The van der Waals surface area contributed by atoms with E-state index in [2.05, 4.69) is 40.2 Å². The molecule has 0 aliphatic carbocycles. The molecule has 1 N–H and O–H groups in total. The summed E-state index contributed by atoms with van der Waals surface area (Å²) in [5, 5.41) is 0. The Labute approximate surface area is 217 Å². The highest BCUT2D eigenvalue weighted by Gasteiger charge is 2.18. The number of methoxy groups -OCH3 is 3. The van der Waals surface area contributed by atoms with Crippen molar-refractivity contribution >= 4 is 11.0 Å². The van der Waals surface area contributed by atoms with Crippen molar-refractivity contribution in [3.63, 3.8) is 0 Å². The minimum absolute atomic E-state index is 0.547. The quantitative estimate of drug-likeness (QED) is 0.340. The molecular formula is C29H33N3O5. The lowest BCUT2D eigenvalue weighted by atomic mass is 10.0. The van der Waals surface area contributed by atoms with E-state index in [4.69, 9.17) is 28.7 Å². The van der Waals surface area contributed by atoms with Gasteiger partial charge in [-0.1, -0.05) is 30.3 Å². The zero-order valence-corrected chi connectivity index (χ0v) is 21.6. The van der Waals surface area contributed by atoms with Crippen LogP contribution in [0.1, 0.15) is 11.1 Å². The fraction of sp³-hybridized carbons (Fsp3) is 0.345. The highest BCUT2D eigenvalue weighted by atomic mass is 16.5. The first kappa shape index (κ1) is 24.9. The number of ether oxygens (including phenoxy) is 5. The minimum atomic E-state index is 0.547. The standard InChI is InChI=1S/C29H33N3O5/c1-33-25-17-22(18-26(34-2)28(25)35-3)29-30-24-19-23(37-14-11-32-9-12-36-13-10-32)16-21(27(24)31-29)15-20-7-5-4-6-8-20/h4-8,16-19H,9-15H2,1-3H3,(H,30,31). The zero-order valence-electron chi connectivity index (χ0n) is 21.6. The van der Waals surface area contributed by atoms with Crippen molar-refractivity contribution in [1.82, 2.24) is 14.9 Å². The first-order chi connectivity index (χ1) is 18.2. The van der Waals surface area contributed by atoms with Crippen molar-refractivity contribution in [2.75, 3.05) is 60.8 Å². The fourth-order valence-corrected chi connectivity index (χ4v) is 4.67. The number of aromatic nitrogens is 2. The van der Waals surface area contributed by atoms with Crippen LogP contribution >= 0.6 is 0 Å². The maximum Gasteiger partial charge on any atom is 0.203 e. The summed E-state index contributed by atoms with van der Waals surface area (Å²) in [5.41, 5.74) is 4.98. The molecular weight excluding hydrogens is 470 g/mol. The van der Waals surface area contributed by atoms with Gasteiger partial charge in [-0.2, -0.15) is 0 Å². The van der Waals surface area contributed by atoms with Crippen molar-refractivity contribution in [1.29, 1.82) is 0 Å². The predicted octanol–water partition coefficient (Wildman–Crippen LogP) is 4.56. The molecule has 8 heteroatoms. The van der Waals surface area contributed by atoms with Crippen molar-refractivity contribution in [3.05, 3.63) is 65.7 Å². The summed E-state index contributed by atoms with van der Waals surface area (Å²) >= 11 is 0. The Morgan fingerprint density at radius 2 is 1.65 bits per heavy atom. The van der Waals surface area contributed by atoms with E-state index in [-0.39, 0.29) is 0 Å². The monoisotopic (exact) mass is 503 g/mol. The van der Waals surface area contributed by atoms with Gasteiger partial charge in [-0.25, -0.2) is 4.98 Å². The average molecular weight is 504 g/mol. The van der Waals surface area contributed by atoms with Gasteiger partial charge in [0.05, 0.1) is 45.6 Å². The van der Waals surface area contributed by atoms with Crippen LogP contribution < -0.4 is 18.9 Å². The number of rotatable bonds is 10. The van der Waals surface area contributed by atoms with Gasteiger partial charge in [0.15, 0.2) is 11.5 Å². The van der Waals surface area contributed by atoms with Crippen LogP contribution in [-0.2, 0) is 11.2 Å². The Balaban J connectivity index is 1.49. The number of hydrogen-bond acceptors (Lipinski definition) is 7. The highest BCUT2D eigenvalue weighted by molar-refractivity contribution is 5.85. The molecule has 1 aliphatic heterocycles. The van der Waals surface area contributed by atoms with Crippen molar-refractivity contribution in [2.24, 2.45) is 0 Å². The lowest BCUT2D eigenvalue weighted by molar-refractivity contribution is 0.0322. The molecule has 0 amide bonds. The second kappa shape index (κ2) is 11.5. The van der Waals surface area contributed by atoms with E-state index < -0.39 is 0 Å². The third-order valence-corrected chi connectivity index (χ3v) is 6.59. The Hall–Kier alpha value is -3.75. The van der Waals surface area contributed by atoms with Crippen LogP contribution in [0.5, 0.6) is 23.0 Å². The van der Waals surface area contributed by atoms with Crippen LogP contribution in [0.2, 0.25) is 0 Å². The van der Waals surface area contributed by atoms with E-state index in [1.165, 1.54) is 5.56 Å². The molecule has 4 aromatic rings. The van der Waals surface area contributed by atoms with Gasteiger partial charge < -0.3 is 28.7 Å². The first-order valence-electron chi connectivity index (χ1n) is 12.5. The Morgan fingerprint density at radius 3 is 2.32 bits per heavy atom. The van der Waals surface area contributed by atoms with Crippen LogP contribution in [0.3, 0.4) is 0 Å². The number of aromatic amines is 1. The SMILES string of the molecule is COc1cc(-c2nc3c(Cc4ccccc4)cc(OCCN4CCOCC4)cc3[nH]2)cc(OC)c1OC. The number of fused-ring (bicyclic) bond motifs is 1. The average Bonchev–Trinajstić information content (AvgIpc) is 3.38. The second-order valence-electron chi connectivity index (χ2n) is 8.94. The Morgan fingerprint density at radius 1 is 0.919 bits per heavy atom. The Bertz CT molecular complexity index is 1310. The second-order valence-corrected chi connectivity index (χ2v) is 8.94. The molecule has 1 saturated heterocycles. The molecule has 2 heterocycles. The third-order valence-electron chi connectivity index (χ3n) is 6.59. The molecule has 0 unspecified atom stereocenters. The van der Waals surface area contributed by atoms with Gasteiger partial charge in [0.25, 0.3) is 0 Å². The molecule has 194 valence electrons. The number of benzene rings is 3. The molecule has 1 aliphatic rings. The molecule has 0 atom stereocenters. The van der Waals surface area contributed by atoms with Crippen molar-refractivity contribution < 1.29 is 23.7 Å². The molecule has 0 radical (unpaired) electrons. The number of nitrogens with one attached hydrogen (secondary N) is 1. The molecule has 1 fully saturated rings. The van der Waals surface area contributed by atoms with Gasteiger partial charge in [0, 0.05) is 31.3 Å². The fourth-order valence-electron chi connectivity index (χ4n) is 4.67. The van der Waals surface area contributed by atoms with Gasteiger partial charge in [-0.3, -0.25) is 4.90 Å². The van der Waals surface area contributed by atoms with Crippen LogP contribution in [0.25, 0.3) is 22.4 Å². The van der Waals surface area contributed by atoms with Gasteiger partial charge >= 0.3 is 0 Å². The van der Waals surface area contributed by atoms with E-state index in [1.54, 1.807) is 21.3 Å². The molecule has 0 bridgehead atoms.